The molecule has 2 aromatic rings. The van der Waals surface area contributed by atoms with Gasteiger partial charge in [0.05, 0.1) is 22.7 Å². The minimum atomic E-state index is -4.38. The first kappa shape index (κ1) is 11.8. The molecule has 0 amide bonds. The number of nitriles is 1. The number of nitrogens with zero attached hydrogens (tertiary/aromatic N) is 3. The molecular formula is C12H9F3N4. The number of imidazole rings is 1. The lowest BCUT2D eigenvalue weighted by molar-refractivity contribution is -0.178. The summed E-state index contributed by atoms with van der Waals surface area (Å²) in [5, 5.41) is 8.84. The number of anilines is 1. The Morgan fingerprint density at radius 2 is 2.05 bits per heavy atom. The third kappa shape index (κ3) is 1.49. The van der Waals surface area contributed by atoms with Gasteiger partial charge < -0.3 is 5.73 Å². The molecule has 1 saturated carbocycles. The molecule has 0 atom stereocenters. The number of hydrogen-bond donors (Lipinski definition) is 1. The van der Waals surface area contributed by atoms with Gasteiger partial charge in [-0.05, 0) is 31.0 Å². The summed E-state index contributed by atoms with van der Waals surface area (Å²) in [4.78, 5) is 3.94. The first-order valence-corrected chi connectivity index (χ1v) is 5.64. The maximum Gasteiger partial charge on any atom is 0.412 e. The Hall–Kier alpha value is -2.23. The summed E-state index contributed by atoms with van der Waals surface area (Å²) in [7, 11) is 0. The lowest BCUT2D eigenvalue weighted by atomic mass is 10.2. The molecule has 0 saturated heterocycles. The second kappa shape index (κ2) is 3.41. The van der Waals surface area contributed by atoms with Crippen LogP contribution in [-0.2, 0) is 5.54 Å². The zero-order valence-corrected chi connectivity index (χ0v) is 9.70. The molecule has 0 unspecified atom stereocenters. The average Bonchev–Trinajstić information content (AvgIpc) is 3.07. The maximum absolute atomic E-state index is 13.2. The van der Waals surface area contributed by atoms with E-state index in [0.717, 1.165) is 4.57 Å². The van der Waals surface area contributed by atoms with E-state index in [-0.39, 0.29) is 29.9 Å². The standard InChI is InChI=1S/C12H9F3N4/c13-12(14,15)11(3-4-11)19-9-5-7(6-16)1-2-8(9)18-10(19)17/h1-2,5H,3-4H2,(H2,17,18). The van der Waals surface area contributed by atoms with Crippen molar-refractivity contribution in [2.24, 2.45) is 0 Å². The van der Waals surface area contributed by atoms with E-state index in [2.05, 4.69) is 4.98 Å². The van der Waals surface area contributed by atoms with Crippen LogP contribution in [-0.4, -0.2) is 15.7 Å². The third-order valence-corrected chi connectivity index (χ3v) is 3.49. The van der Waals surface area contributed by atoms with Crippen LogP contribution in [0, 0.1) is 11.3 Å². The second-order valence-electron chi connectivity index (χ2n) is 4.65. The first-order valence-electron chi connectivity index (χ1n) is 5.64. The largest absolute Gasteiger partial charge is 0.412 e. The Labute approximate surface area is 106 Å². The fourth-order valence-electron chi connectivity index (χ4n) is 2.37. The molecule has 1 heterocycles. The number of hydrogen-bond acceptors (Lipinski definition) is 3. The van der Waals surface area contributed by atoms with Crippen molar-refractivity contribution in [2.45, 2.75) is 24.6 Å². The fraction of sp³-hybridized carbons (Fsp3) is 0.333. The van der Waals surface area contributed by atoms with Crippen LogP contribution in [0.3, 0.4) is 0 Å². The van der Waals surface area contributed by atoms with E-state index < -0.39 is 11.7 Å². The van der Waals surface area contributed by atoms with Gasteiger partial charge in [-0.25, -0.2) is 4.98 Å². The van der Waals surface area contributed by atoms with Crippen molar-refractivity contribution in [1.29, 1.82) is 5.26 Å². The average molecular weight is 266 g/mol. The van der Waals surface area contributed by atoms with Gasteiger partial charge in [-0.3, -0.25) is 4.57 Å². The Balaban J connectivity index is 2.30. The van der Waals surface area contributed by atoms with Crippen LogP contribution in [0.1, 0.15) is 18.4 Å². The summed E-state index contributed by atoms with van der Waals surface area (Å²) >= 11 is 0. The molecule has 1 aliphatic carbocycles. The number of alkyl halides is 3. The lowest BCUT2D eigenvalue weighted by Crippen LogP contribution is -2.35. The normalized spacial score (nSPS) is 17.4. The number of aromatic nitrogens is 2. The van der Waals surface area contributed by atoms with Crippen molar-refractivity contribution in [1.82, 2.24) is 9.55 Å². The molecule has 3 rings (SSSR count). The van der Waals surface area contributed by atoms with Crippen molar-refractivity contribution in [2.75, 3.05) is 5.73 Å². The van der Waals surface area contributed by atoms with E-state index in [0.29, 0.717) is 5.52 Å². The van der Waals surface area contributed by atoms with Gasteiger partial charge in [0, 0.05) is 0 Å². The maximum atomic E-state index is 13.2. The van der Waals surface area contributed by atoms with Gasteiger partial charge in [0.25, 0.3) is 0 Å². The van der Waals surface area contributed by atoms with Crippen LogP contribution in [0.5, 0.6) is 0 Å². The summed E-state index contributed by atoms with van der Waals surface area (Å²) in [5.41, 5.74) is 4.59. The third-order valence-electron chi connectivity index (χ3n) is 3.49. The van der Waals surface area contributed by atoms with E-state index in [1.807, 2.05) is 6.07 Å². The van der Waals surface area contributed by atoms with Gasteiger partial charge in [0.1, 0.15) is 5.54 Å². The van der Waals surface area contributed by atoms with Crippen LogP contribution < -0.4 is 5.73 Å². The summed E-state index contributed by atoms with van der Waals surface area (Å²) in [5.74, 6) is -0.167. The lowest BCUT2D eigenvalue weighted by Gasteiger charge is -2.22. The molecular weight excluding hydrogens is 257 g/mol. The summed E-state index contributed by atoms with van der Waals surface area (Å²) in [6, 6.07) is 6.31. The van der Waals surface area contributed by atoms with Crippen LogP contribution in [0.25, 0.3) is 11.0 Å². The predicted molar refractivity (Wildman–Crippen MR) is 62.1 cm³/mol. The molecule has 0 spiro atoms. The van der Waals surface area contributed by atoms with Gasteiger partial charge >= 0.3 is 6.18 Å². The van der Waals surface area contributed by atoms with Gasteiger partial charge in [-0.15, -0.1) is 0 Å². The molecule has 1 aromatic heterocycles. The van der Waals surface area contributed by atoms with Gasteiger partial charge in [-0.2, -0.15) is 18.4 Å². The molecule has 2 N–H and O–H groups in total. The van der Waals surface area contributed by atoms with Crippen molar-refractivity contribution >= 4 is 17.0 Å². The van der Waals surface area contributed by atoms with Gasteiger partial charge in [-0.1, -0.05) is 0 Å². The number of nitrogen functional groups attached to an aromatic ring is 1. The number of fused-ring (bicyclic) bond motifs is 1. The number of halogens is 3. The number of rotatable bonds is 1. The van der Waals surface area contributed by atoms with E-state index in [4.69, 9.17) is 11.0 Å². The first-order chi connectivity index (χ1) is 8.89. The quantitative estimate of drug-likeness (QED) is 0.862. The minimum Gasteiger partial charge on any atom is -0.369 e. The predicted octanol–water partition coefficient (Wildman–Crippen LogP) is 2.54. The summed E-state index contributed by atoms with van der Waals surface area (Å²) < 4.78 is 40.6. The van der Waals surface area contributed by atoms with Crippen molar-refractivity contribution in [3.05, 3.63) is 23.8 Å². The molecule has 7 heteroatoms. The number of benzene rings is 1. The van der Waals surface area contributed by atoms with E-state index in [1.165, 1.54) is 18.2 Å². The Bertz CT molecular complexity index is 704. The van der Waals surface area contributed by atoms with Crippen LogP contribution in [0.4, 0.5) is 19.1 Å². The highest BCUT2D eigenvalue weighted by molar-refractivity contribution is 5.80. The zero-order valence-electron chi connectivity index (χ0n) is 9.70. The number of nitrogens with two attached hydrogens (primary N) is 1. The highest BCUT2D eigenvalue weighted by Crippen LogP contribution is 2.57. The molecule has 0 bridgehead atoms. The van der Waals surface area contributed by atoms with E-state index >= 15 is 0 Å². The minimum absolute atomic E-state index is 0.0110. The van der Waals surface area contributed by atoms with Crippen LogP contribution >= 0.6 is 0 Å². The van der Waals surface area contributed by atoms with E-state index in [9.17, 15) is 13.2 Å². The second-order valence-corrected chi connectivity index (χ2v) is 4.65. The van der Waals surface area contributed by atoms with Gasteiger partial charge in [0.15, 0.2) is 0 Å². The molecule has 1 aliphatic rings. The summed E-state index contributed by atoms with van der Waals surface area (Å²) in [6.07, 6.45) is -4.40. The smallest absolute Gasteiger partial charge is 0.369 e. The zero-order chi connectivity index (χ0) is 13.8. The monoisotopic (exact) mass is 266 g/mol. The highest BCUT2D eigenvalue weighted by Gasteiger charge is 2.65. The van der Waals surface area contributed by atoms with E-state index in [1.54, 1.807) is 0 Å². The molecule has 98 valence electrons. The van der Waals surface area contributed by atoms with Crippen LogP contribution in [0.15, 0.2) is 18.2 Å². The Kier molecular flexibility index (Phi) is 2.12. The molecule has 19 heavy (non-hydrogen) atoms. The fourth-order valence-corrected chi connectivity index (χ4v) is 2.37. The SMILES string of the molecule is N#Cc1ccc2nc(N)n(C3(C(F)(F)F)CC3)c2c1. The molecule has 4 nitrogen and oxygen atoms in total. The van der Waals surface area contributed by atoms with Gasteiger partial charge in [0.2, 0.25) is 5.95 Å². The van der Waals surface area contributed by atoms with Crippen molar-refractivity contribution in [3.8, 4) is 6.07 Å². The van der Waals surface area contributed by atoms with Crippen molar-refractivity contribution in [3.63, 3.8) is 0 Å². The molecule has 0 radical (unpaired) electrons. The highest BCUT2D eigenvalue weighted by atomic mass is 19.4. The Morgan fingerprint density at radius 3 is 2.58 bits per heavy atom. The van der Waals surface area contributed by atoms with Crippen LogP contribution in [0.2, 0.25) is 0 Å². The topological polar surface area (TPSA) is 67.6 Å². The summed E-state index contributed by atoms with van der Waals surface area (Å²) in [6.45, 7) is 0. The molecule has 0 aliphatic heterocycles. The molecule has 1 fully saturated rings. The molecule has 1 aromatic carbocycles. The van der Waals surface area contributed by atoms with Crippen molar-refractivity contribution < 1.29 is 13.2 Å². The Morgan fingerprint density at radius 1 is 1.37 bits per heavy atom.